The Hall–Kier alpha value is -4.36. The van der Waals surface area contributed by atoms with Gasteiger partial charge in [-0.05, 0) is 63.7 Å². The lowest BCUT2D eigenvalue weighted by Crippen LogP contribution is -2.23. The summed E-state index contributed by atoms with van der Waals surface area (Å²) in [6, 6.07) is 21.9. The molecule has 0 radical (unpaired) electrons. The molecule has 2 atom stereocenters. The lowest BCUT2D eigenvalue weighted by molar-refractivity contribution is 0.0857. The number of rotatable bonds is 5. The number of nitrogen functional groups attached to an aromatic ring is 1. The Morgan fingerprint density at radius 1 is 0.833 bits per heavy atom. The maximum absolute atomic E-state index is 14.4. The fourth-order valence-corrected chi connectivity index (χ4v) is 4.96. The van der Waals surface area contributed by atoms with E-state index >= 15 is 0 Å². The molecule has 1 amide bonds. The highest BCUT2D eigenvalue weighted by Gasteiger charge is 2.43. The molecule has 5 nitrogen and oxygen atoms in total. The van der Waals surface area contributed by atoms with E-state index in [9.17, 15) is 13.6 Å². The fourth-order valence-electron chi connectivity index (χ4n) is 4.96. The molecule has 4 aromatic rings. The molecule has 0 unspecified atom stereocenters. The van der Waals surface area contributed by atoms with Crippen molar-refractivity contribution >= 4 is 11.7 Å². The molecule has 2 aliphatic rings. The van der Waals surface area contributed by atoms with Gasteiger partial charge in [0.15, 0.2) is 0 Å². The van der Waals surface area contributed by atoms with Crippen LogP contribution in [0.25, 0.3) is 11.1 Å². The first-order valence-electron chi connectivity index (χ1n) is 11.5. The summed E-state index contributed by atoms with van der Waals surface area (Å²) >= 11 is 0. The Labute approximate surface area is 206 Å². The van der Waals surface area contributed by atoms with E-state index < -0.39 is 11.6 Å². The Morgan fingerprint density at radius 2 is 1.50 bits per heavy atom. The second kappa shape index (κ2) is 8.39. The van der Waals surface area contributed by atoms with Crippen molar-refractivity contribution in [1.29, 1.82) is 5.41 Å². The molecule has 0 saturated heterocycles. The second-order valence-corrected chi connectivity index (χ2v) is 9.00. The fraction of sp³-hybridized carbons (Fsp3) is 0.103. The molecule has 0 saturated carbocycles. The number of halogens is 2. The van der Waals surface area contributed by atoms with Crippen LogP contribution in [0.15, 0.2) is 78.9 Å². The van der Waals surface area contributed by atoms with Gasteiger partial charge < -0.3 is 15.8 Å². The number of ether oxygens (including phenoxy) is 1. The molecule has 6 rings (SSSR count). The number of hydrogen-bond donors (Lipinski definition) is 3. The highest BCUT2D eigenvalue weighted by Crippen LogP contribution is 2.54. The maximum atomic E-state index is 14.4. The predicted molar refractivity (Wildman–Crippen MR) is 132 cm³/mol. The van der Waals surface area contributed by atoms with Gasteiger partial charge in [0.1, 0.15) is 29.7 Å². The molecular formula is C29H21F2N3O2. The van der Waals surface area contributed by atoms with E-state index in [1.165, 1.54) is 12.1 Å². The number of fused-ring (bicyclic) bond motifs is 8. The molecule has 7 heteroatoms. The van der Waals surface area contributed by atoms with Crippen molar-refractivity contribution in [3.63, 3.8) is 0 Å². The Balaban J connectivity index is 1.23. The standard InChI is InChI=1S/C29H21F2N3O2/c30-19-7-10-20(25(31)13-19)17-5-8-21-23(11-17)27-24-12-18(6-9-22(24)26(21)36-27)29(35)34-14-15-1-3-16(4-2-15)28(32)33/h1-13,26-27H,14H2,(H3,32,33)(H,34,35)/t26-,27+/m0/s1. The first kappa shape index (κ1) is 22.1. The monoisotopic (exact) mass is 481 g/mol. The van der Waals surface area contributed by atoms with Crippen LogP contribution in [0.1, 0.15) is 55.9 Å². The minimum Gasteiger partial charge on any atom is -0.384 e. The van der Waals surface area contributed by atoms with Crippen molar-refractivity contribution in [1.82, 2.24) is 5.32 Å². The van der Waals surface area contributed by atoms with E-state index in [-0.39, 0.29) is 24.0 Å². The molecule has 0 spiro atoms. The van der Waals surface area contributed by atoms with E-state index in [2.05, 4.69) is 5.32 Å². The molecule has 0 aliphatic carbocycles. The number of amidine groups is 1. The molecule has 4 N–H and O–H groups in total. The number of carbonyl (C=O) groups excluding carboxylic acids is 1. The molecule has 0 aromatic heterocycles. The predicted octanol–water partition coefficient (Wildman–Crippen LogP) is 5.37. The third-order valence-electron chi connectivity index (χ3n) is 6.80. The van der Waals surface area contributed by atoms with Crippen molar-refractivity contribution in [2.75, 3.05) is 0 Å². The third kappa shape index (κ3) is 3.65. The van der Waals surface area contributed by atoms with Crippen molar-refractivity contribution in [2.45, 2.75) is 18.8 Å². The number of carbonyl (C=O) groups is 1. The van der Waals surface area contributed by atoms with Crippen LogP contribution in [0.3, 0.4) is 0 Å². The summed E-state index contributed by atoms with van der Waals surface area (Å²) in [7, 11) is 0. The molecule has 2 bridgehead atoms. The normalized spacial score (nSPS) is 16.9. The van der Waals surface area contributed by atoms with Gasteiger partial charge in [-0.3, -0.25) is 10.2 Å². The zero-order valence-corrected chi connectivity index (χ0v) is 19.0. The summed E-state index contributed by atoms with van der Waals surface area (Å²) < 4.78 is 34.0. The average Bonchev–Trinajstić information content (AvgIpc) is 3.44. The number of amides is 1. The van der Waals surface area contributed by atoms with Crippen molar-refractivity contribution in [3.05, 3.63) is 129 Å². The third-order valence-corrected chi connectivity index (χ3v) is 6.80. The summed E-state index contributed by atoms with van der Waals surface area (Å²) in [6.45, 7) is 0.339. The van der Waals surface area contributed by atoms with Crippen LogP contribution in [0.4, 0.5) is 8.78 Å². The molecule has 2 aliphatic heterocycles. The van der Waals surface area contributed by atoms with Gasteiger partial charge in [-0.2, -0.15) is 0 Å². The molecule has 36 heavy (non-hydrogen) atoms. The number of nitrogens with two attached hydrogens (primary N) is 1. The van der Waals surface area contributed by atoms with Crippen LogP contribution in [-0.4, -0.2) is 11.7 Å². The second-order valence-electron chi connectivity index (χ2n) is 9.00. The van der Waals surface area contributed by atoms with Gasteiger partial charge in [-0.15, -0.1) is 0 Å². The summed E-state index contributed by atoms with van der Waals surface area (Å²) in [5, 5.41) is 10.4. The van der Waals surface area contributed by atoms with Crippen LogP contribution in [0, 0.1) is 17.0 Å². The number of benzene rings is 4. The average molecular weight is 482 g/mol. The molecule has 4 aromatic carbocycles. The van der Waals surface area contributed by atoms with Gasteiger partial charge in [0.05, 0.1) is 0 Å². The maximum Gasteiger partial charge on any atom is 0.251 e. The lowest BCUT2D eigenvalue weighted by Gasteiger charge is -2.18. The van der Waals surface area contributed by atoms with E-state index in [1.54, 1.807) is 18.2 Å². The van der Waals surface area contributed by atoms with Gasteiger partial charge >= 0.3 is 0 Å². The van der Waals surface area contributed by atoms with Crippen molar-refractivity contribution in [2.24, 2.45) is 5.73 Å². The first-order chi connectivity index (χ1) is 17.4. The number of nitrogens with one attached hydrogen (secondary N) is 2. The summed E-state index contributed by atoms with van der Waals surface area (Å²) in [5.74, 6) is -1.45. The summed E-state index contributed by atoms with van der Waals surface area (Å²) in [5.41, 5.74) is 12.4. The zero-order chi connectivity index (χ0) is 25.0. The van der Waals surface area contributed by atoms with E-state index in [4.69, 9.17) is 15.9 Å². The quantitative estimate of drug-likeness (QED) is 0.265. The van der Waals surface area contributed by atoms with E-state index in [0.717, 1.165) is 33.9 Å². The topological polar surface area (TPSA) is 88.2 Å². The van der Waals surface area contributed by atoms with Gasteiger partial charge in [-0.25, -0.2) is 8.78 Å². The lowest BCUT2D eigenvalue weighted by atomic mass is 9.83. The molecular weight excluding hydrogens is 460 g/mol. The van der Waals surface area contributed by atoms with Crippen molar-refractivity contribution < 1.29 is 18.3 Å². The Bertz CT molecular complexity index is 1550. The van der Waals surface area contributed by atoms with Crippen LogP contribution in [-0.2, 0) is 11.3 Å². The largest absolute Gasteiger partial charge is 0.384 e. The van der Waals surface area contributed by atoms with Crippen LogP contribution in [0.2, 0.25) is 0 Å². The van der Waals surface area contributed by atoms with Gasteiger partial charge in [0.2, 0.25) is 0 Å². The van der Waals surface area contributed by atoms with Crippen LogP contribution in [0.5, 0.6) is 0 Å². The van der Waals surface area contributed by atoms with Crippen LogP contribution >= 0.6 is 0 Å². The van der Waals surface area contributed by atoms with Crippen molar-refractivity contribution in [3.8, 4) is 11.1 Å². The zero-order valence-electron chi connectivity index (χ0n) is 19.0. The Morgan fingerprint density at radius 3 is 2.22 bits per heavy atom. The minimum atomic E-state index is -0.618. The van der Waals surface area contributed by atoms with E-state index in [0.29, 0.717) is 28.8 Å². The molecule has 0 fully saturated rings. The van der Waals surface area contributed by atoms with Gasteiger partial charge in [0.25, 0.3) is 5.91 Å². The first-order valence-corrected chi connectivity index (χ1v) is 11.5. The Kier molecular flexibility index (Phi) is 5.16. The van der Waals surface area contributed by atoms with E-state index in [1.807, 2.05) is 42.5 Å². The van der Waals surface area contributed by atoms with Crippen LogP contribution < -0.4 is 11.1 Å². The summed E-state index contributed by atoms with van der Waals surface area (Å²) in [4.78, 5) is 12.9. The van der Waals surface area contributed by atoms with Gasteiger partial charge in [-0.1, -0.05) is 42.5 Å². The molecule has 178 valence electrons. The summed E-state index contributed by atoms with van der Waals surface area (Å²) in [6.07, 6.45) is -0.584. The minimum absolute atomic E-state index is 0.00302. The SMILES string of the molecule is N=C(N)c1ccc(CNC(=O)c2ccc3c(c2)[C@@H]2O[C@H]3c3ccc(-c4ccc(F)cc4F)cc32)cc1. The smallest absolute Gasteiger partial charge is 0.251 e. The highest BCUT2D eigenvalue weighted by molar-refractivity contribution is 5.95. The number of hydrogen-bond acceptors (Lipinski definition) is 3. The molecule has 2 heterocycles. The van der Waals surface area contributed by atoms with Gasteiger partial charge in [0, 0.05) is 29.3 Å². The highest BCUT2D eigenvalue weighted by atomic mass is 19.1.